The van der Waals surface area contributed by atoms with Crippen molar-refractivity contribution in [2.45, 2.75) is 0 Å². The summed E-state index contributed by atoms with van der Waals surface area (Å²) >= 11 is 0. The van der Waals surface area contributed by atoms with E-state index in [1.165, 1.54) is 0 Å². The van der Waals surface area contributed by atoms with Crippen LogP contribution in [-0.4, -0.2) is 58.9 Å². The van der Waals surface area contributed by atoms with Gasteiger partial charge < -0.3 is 14.5 Å². The van der Waals surface area contributed by atoms with Gasteiger partial charge >= 0.3 is 0 Å². The van der Waals surface area contributed by atoms with Crippen LogP contribution in [0.25, 0.3) is 16.9 Å². The van der Waals surface area contributed by atoms with E-state index in [-0.39, 0.29) is 5.91 Å². The highest BCUT2D eigenvalue weighted by Gasteiger charge is 2.27. The number of ether oxygens (including phenoxy) is 1. The van der Waals surface area contributed by atoms with Crippen molar-refractivity contribution in [2.24, 2.45) is 0 Å². The van der Waals surface area contributed by atoms with Crippen LogP contribution in [0.3, 0.4) is 0 Å². The van der Waals surface area contributed by atoms with Gasteiger partial charge in [0, 0.05) is 44.1 Å². The minimum atomic E-state index is -0.0179. The molecule has 0 atom stereocenters. The van der Waals surface area contributed by atoms with Gasteiger partial charge in [-0.3, -0.25) is 4.79 Å². The van der Waals surface area contributed by atoms with Gasteiger partial charge in [-0.05, 0) is 36.4 Å². The summed E-state index contributed by atoms with van der Waals surface area (Å²) in [5.41, 5.74) is 2.98. The first-order valence-corrected chi connectivity index (χ1v) is 11.0. The van der Waals surface area contributed by atoms with Crippen LogP contribution < -0.4 is 9.64 Å². The summed E-state index contributed by atoms with van der Waals surface area (Å²) in [4.78, 5) is 22.2. The lowest BCUT2D eigenvalue weighted by Crippen LogP contribution is -2.49. The lowest BCUT2D eigenvalue weighted by atomic mass is 10.1. The molecule has 166 valence electrons. The summed E-state index contributed by atoms with van der Waals surface area (Å²) in [5, 5.41) is 4.80. The molecule has 3 heterocycles. The van der Waals surface area contributed by atoms with Crippen LogP contribution in [0.5, 0.6) is 5.75 Å². The topological polar surface area (TPSA) is 63.5 Å². The molecule has 0 saturated carbocycles. The number of hydrogen-bond donors (Lipinski definition) is 0. The monoisotopic (exact) mass is 439 g/mol. The maximum absolute atomic E-state index is 13.6. The van der Waals surface area contributed by atoms with Gasteiger partial charge in [0.25, 0.3) is 5.91 Å². The highest BCUT2D eigenvalue weighted by Crippen LogP contribution is 2.28. The van der Waals surface area contributed by atoms with Crippen molar-refractivity contribution in [1.82, 2.24) is 19.7 Å². The van der Waals surface area contributed by atoms with Gasteiger partial charge in [0.05, 0.1) is 18.4 Å². The fourth-order valence-electron chi connectivity index (χ4n) is 4.08. The van der Waals surface area contributed by atoms with Crippen molar-refractivity contribution in [1.29, 1.82) is 0 Å². The second-order valence-corrected chi connectivity index (χ2v) is 7.87. The molecule has 1 amide bonds. The molecule has 1 saturated heterocycles. The minimum Gasteiger partial charge on any atom is -0.497 e. The summed E-state index contributed by atoms with van der Waals surface area (Å²) in [6.07, 6.45) is 3.63. The second kappa shape index (κ2) is 9.16. The fraction of sp³-hybridized carbons (Fsp3) is 0.192. The number of aromatic nitrogens is 3. The molecule has 0 spiro atoms. The van der Waals surface area contributed by atoms with Crippen molar-refractivity contribution < 1.29 is 9.53 Å². The van der Waals surface area contributed by atoms with Gasteiger partial charge in [-0.25, -0.2) is 9.67 Å². The van der Waals surface area contributed by atoms with Crippen LogP contribution in [0, 0.1) is 0 Å². The van der Waals surface area contributed by atoms with E-state index in [2.05, 4.69) is 9.88 Å². The molecule has 0 bridgehead atoms. The van der Waals surface area contributed by atoms with E-state index in [0.717, 1.165) is 35.9 Å². The number of carbonyl (C=O) groups excluding carboxylic acids is 1. The van der Waals surface area contributed by atoms with Gasteiger partial charge in [-0.15, -0.1) is 0 Å². The number of nitrogens with zero attached hydrogens (tertiary/aromatic N) is 5. The fourth-order valence-corrected chi connectivity index (χ4v) is 4.08. The predicted molar refractivity (Wildman–Crippen MR) is 128 cm³/mol. The van der Waals surface area contributed by atoms with Crippen LogP contribution >= 0.6 is 0 Å². The number of anilines is 1. The van der Waals surface area contributed by atoms with Gasteiger partial charge in [0.15, 0.2) is 0 Å². The van der Waals surface area contributed by atoms with Crippen molar-refractivity contribution >= 4 is 11.7 Å². The Morgan fingerprint density at radius 2 is 1.70 bits per heavy atom. The molecule has 5 rings (SSSR count). The zero-order valence-corrected chi connectivity index (χ0v) is 18.5. The average Bonchev–Trinajstić information content (AvgIpc) is 3.35. The molecule has 0 aliphatic carbocycles. The van der Waals surface area contributed by atoms with Crippen molar-refractivity contribution in [3.8, 4) is 22.7 Å². The molecule has 0 radical (unpaired) electrons. The Morgan fingerprint density at radius 1 is 0.909 bits per heavy atom. The first-order chi connectivity index (χ1) is 16.2. The van der Waals surface area contributed by atoms with Crippen LogP contribution in [0.2, 0.25) is 0 Å². The summed E-state index contributed by atoms with van der Waals surface area (Å²) in [6.45, 7) is 2.74. The highest BCUT2D eigenvalue weighted by atomic mass is 16.5. The van der Waals surface area contributed by atoms with E-state index in [4.69, 9.17) is 9.84 Å². The standard InChI is InChI=1S/C26H25N5O2/c1-33-22-11-7-8-20(18-22)25-23(19-31(28-25)21-9-3-2-4-10-21)26(32)30-16-14-29(15-17-30)24-12-5-6-13-27-24/h2-13,18-19H,14-17H2,1H3. The SMILES string of the molecule is COc1cccc(-c2nn(-c3ccccc3)cc2C(=O)N2CCN(c3ccccn3)CC2)c1. The number of pyridine rings is 1. The van der Waals surface area contributed by atoms with Crippen molar-refractivity contribution in [3.63, 3.8) is 0 Å². The Balaban J connectivity index is 1.45. The highest BCUT2D eigenvalue weighted by molar-refractivity contribution is 6.00. The lowest BCUT2D eigenvalue weighted by Gasteiger charge is -2.35. The minimum absolute atomic E-state index is 0.0179. The number of carbonyl (C=O) groups is 1. The molecule has 0 N–H and O–H groups in total. The molecule has 7 nitrogen and oxygen atoms in total. The molecule has 1 fully saturated rings. The first-order valence-electron chi connectivity index (χ1n) is 11.0. The lowest BCUT2D eigenvalue weighted by molar-refractivity contribution is 0.0747. The Hall–Kier alpha value is -4.13. The average molecular weight is 440 g/mol. The molecule has 2 aromatic carbocycles. The third kappa shape index (κ3) is 4.30. The number of methoxy groups -OCH3 is 1. The molecule has 33 heavy (non-hydrogen) atoms. The maximum atomic E-state index is 13.6. The van der Waals surface area contributed by atoms with Crippen LogP contribution in [-0.2, 0) is 0 Å². The zero-order chi connectivity index (χ0) is 22.6. The maximum Gasteiger partial charge on any atom is 0.257 e. The summed E-state index contributed by atoms with van der Waals surface area (Å²) in [7, 11) is 1.63. The summed E-state index contributed by atoms with van der Waals surface area (Å²) in [6, 6.07) is 23.4. The Bertz CT molecular complexity index is 1230. The molecule has 7 heteroatoms. The molecular formula is C26H25N5O2. The Morgan fingerprint density at radius 3 is 2.42 bits per heavy atom. The van der Waals surface area contributed by atoms with E-state index in [1.54, 1.807) is 18.0 Å². The second-order valence-electron chi connectivity index (χ2n) is 7.87. The van der Waals surface area contributed by atoms with Crippen molar-refractivity contribution in [3.05, 3.63) is 90.8 Å². The smallest absolute Gasteiger partial charge is 0.257 e. The molecule has 1 aliphatic heterocycles. The number of amides is 1. The normalized spacial score (nSPS) is 13.7. The predicted octanol–water partition coefficient (Wildman–Crippen LogP) is 3.91. The van der Waals surface area contributed by atoms with Gasteiger partial charge in [-0.2, -0.15) is 5.10 Å². The van der Waals surface area contributed by atoms with Gasteiger partial charge in [0.1, 0.15) is 17.3 Å². The van der Waals surface area contributed by atoms with E-state index in [1.807, 2.05) is 83.9 Å². The Labute approximate surface area is 192 Å². The van der Waals surface area contributed by atoms with E-state index in [0.29, 0.717) is 24.3 Å². The van der Waals surface area contributed by atoms with E-state index in [9.17, 15) is 4.79 Å². The van der Waals surface area contributed by atoms with Crippen molar-refractivity contribution in [2.75, 3.05) is 38.2 Å². The quantitative estimate of drug-likeness (QED) is 0.472. The molecule has 4 aromatic rings. The zero-order valence-electron chi connectivity index (χ0n) is 18.5. The number of para-hydroxylation sites is 1. The molecule has 1 aliphatic rings. The number of hydrogen-bond acceptors (Lipinski definition) is 5. The van der Waals surface area contributed by atoms with Crippen LogP contribution in [0.1, 0.15) is 10.4 Å². The molecule has 2 aromatic heterocycles. The van der Waals surface area contributed by atoms with Gasteiger partial charge in [-0.1, -0.05) is 36.4 Å². The van der Waals surface area contributed by atoms with E-state index >= 15 is 0 Å². The number of rotatable bonds is 5. The number of piperazine rings is 1. The first kappa shape index (κ1) is 20.8. The van der Waals surface area contributed by atoms with E-state index < -0.39 is 0 Å². The third-order valence-corrected chi connectivity index (χ3v) is 5.85. The van der Waals surface area contributed by atoms with Crippen LogP contribution in [0.4, 0.5) is 5.82 Å². The molecular weight excluding hydrogens is 414 g/mol. The third-order valence-electron chi connectivity index (χ3n) is 5.85. The van der Waals surface area contributed by atoms with Crippen LogP contribution in [0.15, 0.2) is 85.2 Å². The summed E-state index contributed by atoms with van der Waals surface area (Å²) < 4.78 is 7.17. The van der Waals surface area contributed by atoms with Gasteiger partial charge in [0.2, 0.25) is 0 Å². The Kier molecular flexibility index (Phi) is 5.76. The molecule has 0 unspecified atom stereocenters. The summed E-state index contributed by atoms with van der Waals surface area (Å²) in [5.74, 6) is 1.65. The largest absolute Gasteiger partial charge is 0.497 e. The number of benzene rings is 2.